The van der Waals surface area contributed by atoms with Gasteiger partial charge in [0.05, 0.1) is 12.9 Å². The highest BCUT2D eigenvalue weighted by Crippen LogP contribution is 2.34. The number of hydrogen-bond donors (Lipinski definition) is 3. The van der Waals surface area contributed by atoms with E-state index in [0.29, 0.717) is 28.9 Å². The largest absolute Gasteiger partial charge is 0.394 e. The molecule has 0 aliphatic carbocycles. The number of ether oxygens (including phenoxy) is 1. The number of halogens is 2. The van der Waals surface area contributed by atoms with Crippen molar-refractivity contribution in [1.82, 2.24) is 19.5 Å². The Balaban J connectivity index is 1.62. The normalized spacial score (nSPS) is 29.1. The molecule has 28 heavy (non-hydrogen) atoms. The van der Waals surface area contributed by atoms with E-state index in [0.717, 1.165) is 32.4 Å². The molecule has 0 unspecified atom stereocenters. The highest BCUT2D eigenvalue weighted by atomic mass is 35.5. The summed E-state index contributed by atoms with van der Waals surface area (Å²) in [4.78, 5) is 15.2. The van der Waals surface area contributed by atoms with Gasteiger partial charge in [-0.15, -0.1) is 11.6 Å². The number of rotatable bonds is 5. The summed E-state index contributed by atoms with van der Waals surface area (Å²) in [5.74, 6) is 1.92. The van der Waals surface area contributed by atoms with Crippen LogP contribution in [-0.4, -0.2) is 73.7 Å². The van der Waals surface area contributed by atoms with Crippen LogP contribution in [0.15, 0.2) is 6.33 Å². The van der Waals surface area contributed by atoms with Crippen molar-refractivity contribution in [1.29, 1.82) is 0 Å². The van der Waals surface area contributed by atoms with E-state index >= 15 is 0 Å². The lowest BCUT2D eigenvalue weighted by molar-refractivity contribution is -0.0459. The van der Waals surface area contributed by atoms with Gasteiger partial charge in [0.25, 0.3) is 0 Å². The number of aliphatic hydroxyl groups excluding tert-OH is 2. The fourth-order valence-electron chi connectivity index (χ4n) is 3.91. The van der Waals surface area contributed by atoms with Crippen molar-refractivity contribution in [3.63, 3.8) is 0 Å². The maximum Gasteiger partial charge on any atom is 0.229 e. The van der Waals surface area contributed by atoms with E-state index in [-0.39, 0.29) is 5.82 Å². The molecule has 2 aliphatic rings. The maximum absolute atomic E-state index is 14.6. The molecular formula is C17H24ClFN6O3. The first-order chi connectivity index (χ1) is 13.5. The molecule has 4 atom stereocenters. The zero-order valence-electron chi connectivity index (χ0n) is 15.3. The summed E-state index contributed by atoms with van der Waals surface area (Å²) in [6, 6.07) is 0. The first-order valence-electron chi connectivity index (χ1n) is 9.43. The molecule has 0 amide bonds. The van der Waals surface area contributed by atoms with Gasteiger partial charge in [0.1, 0.15) is 17.7 Å². The Morgan fingerprint density at radius 3 is 2.71 bits per heavy atom. The maximum atomic E-state index is 14.6. The predicted molar refractivity (Wildman–Crippen MR) is 102 cm³/mol. The number of imidazole rings is 1. The van der Waals surface area contributed by atoms with Gasteiger partial charge < -0.3 is 25.6 Å². The van der Waals surface area contributed by atoms with Gasteiger partial charge >= 0.3 is 0 Å². The Hall–Kier alpha value is -1.75. The van der Waals surface area contributed by atoms with Crippen molar-refractivity contribution < 1.29 is 19.3 Å². The molecule has 0 bridgehead atoms. The van der Waals surface area contributed by atoms with Gasteiger partial charge in [-0.25, -0.2) is 9.37 Å². The summed E-state index contributed by atoms with van der Waals surface area (Å²) in [6.45, 7) is 1.10. The number of fused-ring (bicyclic) bond motifs is 1. The van der Waals surface area contributed by atoms with Crippen LogP contribution in [0.2, 0.25) is 0 Å². The number of nitrogens with two attached hydrogens (primary N) is 1. The smallest absolute Gasteiger partial charge is 0.229 e. The summed E-state index contributed by atoms with van der Waals surface area (Å²) >= 11 is 5.84. The van der Waals surface area contributed by atoms with Crippen molar-refractivity contribution in [2.75, 3.05) is 36.2 Å². The molecule has 4 heterocycles. The Morgan fingerprint density at radius 2 is 2.07 bits per heavy atom. The molecule has 2 saturated heterocycles. The van der Waals surface area contributed by atoms with Gasteiger partial charge in [-0.3, -0.25) is 4.57 Å². The van der Waals surface area contributed by atoms with E-state index in [1.54, 1.807) is 0 Å². The van der Waals surface area contributed by atoms with E-state index in [9.17, 15) is 14.6 Å². The van der Waals surface area contributed by atoms with Crippen LogP contribution in [0.4, 0.5) is 16.2 Å². The van der Waals surface area contributed by atoms with Gasteiger partial charge in [0.15, 0.2) is 23.9 Å². The number of aromatic nitrogens is 4. The van der Waals surface area contributed by atoms with E-state index in [4.69, 9.17) is 22.1 Å². The first-order valence-corrected chi connectivity index (χ1v) is 9.96. The Kier molecular flexibility index (Phi) is 5.55. The van der Waals surface area contributed by atoms with Crippen molar-refractivity contribution in [3.8, 4) is 0 Å². The standard InChI is InChI=1S/C17H24ClFN6O3/c18-4-1-9-2-5-24(6-3-9)17-22-14(20)12-15(23-17)25(8-21-12)16-11(19)13(27)10(7-26)28-16/h8-11,13,16,26-27H,1-7H2,(H2,20,22,23)/t10-,11-,13-,16-/m1/s1. The van der Waals surface area contributed by atoms with Gasteiger partial charge in [-0.05, 0) is 25.2 Å². The van der Waals surface area contributed by atoms with Crippen LogP contribution in [0, 0.1) is 5.92 Å². The Morgan fingerprint density at radius 1 is 1.32 bits per heavy atom. The fourth-order valence-corrected chi connectivity index (χ4v) is 4.22. The van der Waals surface area contributed by atoms with Crippen LogP contribution in [0.5, 0.6) is 0 Å². The van der Waals surface area contributed by atoms with Crippen LogP contribution >= 0.6 is 11.6 Å². The lowest BCUT2D eigenvalue weighted by atomic mass is 9.94. The SMILES string of the molecule is Nc1nc(N2CCC(CCCl)CC2)nc2c1ncn2[C@@H]1O[C@H](CO)[C@@H](O)[C@H]1F. The summed E-state index contributed by atoms with van der Waals surface area (Å²) in [5.41, 5.74) is 6.75. The molecule has 2 fully saturated rings. The highest BCUT2D eigenvalue weighted by Gasteiger charge is 2.45. The van der Waals surface area contributed by atoms with Crippen LogP contribution < -0.4 is 10.6 Å². The van der Waals surface area contributed by atoms with E-state index < -0.39 is 31.2 Å². The lowest BCUT2D eigenvalue weighted by Crippen LogP contribution is -2.35. The minimum atomic E-state index is -1.72. The molecule has 0 spiro atoms. The number of nitrogens with zero attached hydrogens (tertiary/aromatic N) is 5. The molecule has 2 aromatic heterocycles. The second kappa shape index (κ2) is 7.94. The van der Waals surface area contributed by atoms with Crippen LogP contribution in [0.1, 0.15) is 25.5 Å². The number of anilines is 2. The van der Waals surface area contributed by atoms with Crippen LogP contribution in [0.3, 0.4) is 0 Å². The van der Waals surface area contributed by atoms with Gasteiger partial charge in [-0.1, -0.05) is 0 Å². The summed E-state index contributed by atoms with van der Waals surface area (Å²) in [6.07, 6.45) is -0.935. The number of hydrogen-bond acceptors (Lipinski definition) is 8. The Bertz CT molecular complexity index is 831. The van der Waals surface area contributed by atoms with E-state index in [1.807, 2.05) is 4.90 Å². The average Bonchev–Trinajstić information content (AvgIpc) is 3.24. The second-order valence-electron chi connectivity index (χ2n) is 7.32. The third kappa shape index (κ3) is 3.38. The molecule has 4 N–H and O–H groups in total. The lowest BCUT2D eigenvalue weighted by Gasteiger charge is -2.31. The van der Waals surface area contributed by atoms with Gasteiger partial charge in [0.2, 0.25) is 5.95 Å². The molecule has 0 saturated carbocycles. The second-order valence-corrected chi connectivity index (χ2v) is 7.70. The third-order valence-electron chi connectivity index (χ3n) is 5.60. The topological polar surface area (TPSA) is 123 Å². The first kappa shape index (κ1) is 19.6. The molecule has 11 heteroatoms. The zero-order chi connectivity index (χ0) is 19.8. The molecule has 2 aromatic rings. The summed E-state index contributed by atoms with van der Waals surface area (Å²) in [5, 5.41) is 19.2. The molecule has 0 radical (unpaired) electrons. The van der Waals surface area contributed by atoms with Crippen LogP contribution in [0.25, 0.3) is 11.2 Å². The van der Waals surface area contributed by atoms with Crippen molar-refractivity contribution in [2.24, 2.45) is 5.92 Å². The minimum Gasteiger partial charge on any atom is -0.394 e. The molecular weight excluding hydrogens is 391 g/mol. The number of nitrogen functional groups attached to an aromatic ring is 1. The summed E-state index contributed by atoms with van der Waals surface area (Å²) in [7, 11) is 0. The van der Waals surface area contributed by atoms with Crippen molar-refractivity contribution >= 4 is 34.5 Å². The highest BCUT2D eigenvalue weighted by molar-refractivity contribution is 6.17. The van der Waals surface area contributed by atoms with Gasteiger partial charge in [0, 0.05) is 19.0 Å². The molecule has 2 aliphatic heterocycles. The predicted octanol–water partition coefficient (Wildman–Crippen LogP) is 0.842. The minimum absolute atomic E-state index is 0.203. The van der Waals surface area contributed by atoms with E-state index in [2.05, 4.69) is 15.0 Å². The molecule has 9 nitrogen and oxygen atoms in total. The number of aliphatic hydroxyl groups is 2. The molecule has 4 rings (SSSR count). The third-order valence-corrected chi connectivity index (χ3v) is 5.82. The summed E-state index contributed by atoms with van der Waals surface area (Å²) < 4.78 is 21.4. The average molecular weight is 415 g/mol. The number of piperidine rings is 1. The van der Waals surface area contributed by atoms with Gasteiger partial charge in [-0.2, -0.15) is 9.97 Å². The van der Waals surface area contributed by atoms with E-state index in [1.165, 1.54) is 10.9 Å². The van der Waals surface area contributed by atoms with Crippen molar-refractivity contribution in [3.05, 3.63) is 6.33 Å². The monoisotopic (exact) mass is 414 g/mol. The Labute approximate surface area is 166 Å². The van der Waals surface area contributed by atoms with Crippen LogP contribution in [-0.2, 0) is 4.74 Å². The molecule has 0 aromatic carbocycles. The number of alkyl halides is 2. The quantitative estimate of drug-likeness (QED) is 0.615. The zero-order valence-corrected chi connectivity index (χ0v) is 16.0. The van der Waals surface area contributed by atoms with Crippen molar-refractivity contribution in [2.45, 2.75) is 43.9 Å². The fraction of sp³-hybridized carbons (Fsp3) is 0.706. The molecule has 154 valence electrons.